The van der Waals surface area contributed by atoms with Crippen molar-refractivity contribution in [2.24, 2.45) is 0 Å². The van der Waals surface area contributed by atoms with Crippen LogP contribution in [-0.2, 0) is 47.2 Å². The zero-order valence-electron chi connectivity index (χ0n) is 20.3. The van der Waals surface area contributed by atoms with Crippen LogP contribution < -0.4 is 14.3 Å². The fourth-order valence-corrected chi connectivity index (χ4v) is 6.80. The second kappa shape index (κ2) is 11.3. The van der Waals surface area contributed by atoms with Crippen LogP contribution in [0.5, 0.6) is 0 Å². The third-order valence-electron chi connectivity index (χ3n) is 6.91. The summed E-state index contributed by atoms with van der Waals surface area (Å²) in [4.78, 5) is 13.0. The van der Waals surface area contributed by atoms with Crippen molar-refractivity contribution >= 4 is 57.2 Å². The third-order valence-corrected chi connectivity index (χ3v) is 8.38. The standard InChI is InChI=1S/C23H29F2N5O4S.Na/c24-21(25)14-29-13-18(12-26-29)30(17-7-9-34-10-8-17)35(32,33)28-23(31)27-22-19-5-1-3-15(19)11-16-4-2-6-20(16)22;/h11-13,17,21H,1-10,14H2,(H2,27,28,31);. The first-order valence-corrected chi connectivity index (χ1v) is 13.4. The number of fused-ring (bicyclic) bond motifs is 2. The number of alkyl halides is 2. The number of hydrogen-bond donors (Lipinski definition) is 2. The van der Waals surface area contributed by atoms with Gasteiger partial charge in [-0.2, -0.15) is 13.5 Å². The summed E-state index contributed by atoms with van der Waals surface area (Å²) in [6.07, 6.45) is 6.29. The maximum atomic E-state index is 13.5. The molecule has 191 valence electrons. The number of nitrogens with zero attached hydrogens (tertiary/aromatic N) is 3. The van der Waals surface area contributed by atoms with Crippen LogP contribution in [0.25, 0.3) is 0 Å². The number of anilines is 2. The molecule has 1 saturated heterocycles. The van der Waals surface area contributed by atoms with Gasteiger partial charge in [0.15, 0.2) is 0 Å². The van der Waals surface area contributed by atoms with Crippen molar-refractivity contribution in [3.63, 3.8) is 0 Å². The molecule has 5 rings (SSSR count). The van der Waals surface area contributed by atoms with E-state index in [9.17, 15) is 22.0 Å². The number of urea groups is 1. The monoisotopic (exact) mass is 532 g/mol. The van der Waals surface area contributed by atoms with Gasteiger partial charge in [0.05, 0.1) is 17.9 Å². The van der Waals surface area contributed by atoms with Crippen LogP contribution in [0.2, 0.25) is 0 Å². The summed E-state index contributed by atoms with van der Waals surface area (Å²) in [5.41, 5.74) is 5.49. The minimum absolute atomic E-state index is 0. The number of halogens is 2. The average molecular weight is 533 g/mol. The van der Waals surface area contributed by atoms with Gasteiger partial charge in [0.25, 0.3) is 6.43 Å². The van der Waals surface area contributed by atoms with Gasteiger partial charge in [-0.3, -0.25) is 4.68 Å². The molecule has 3 aliphatic rings. The number of aromatic nitrogens is 2. The molecule has 2 heterocycles. The normalized spacial score (nSPS) is 17.4. The second-order valence-electron chi connectivity index (χ2n) is 9.25. The topological polar surface area (TPSA) is 106 Å². The molecule has 1 aromatic carbocycles. The van der Waals surface area contributed by atoms with Crippen molar-refractivity contribution in [3.05, 3.63) is 40.7 Å². The van der Waals surface area contributed by atoms with Crippen molar-refractivity contribution in [2.45, 2.75) is 70.4 Å². The molecular formula is C23H29F2N5NaO4S. The van der Waals surface area contributed by atoms with E-state index in [-0.39, 0.29) is 35.2 Å². The van der Waals surface area contributed by atoms with Crippen LogP contribution in [0.3, 0.4) is 0 Å². The van der Waals surface area contributed by atoms with E-state index in [1.807, 2.05) is 0 Å². The predicted octanol–water partition coefficient (Wildman–Crippen LogP) is 2.80. The number of amides is 2. The first-order chi connectivity index (χ1) is 16.8. The summed E-state index contributed by atoms with van der Waals surface area (Å²) in [5.74, 6) is 0. The predicted molar refractivity (Wildman–Crippen MR) is 132 cm³/mol. The van der Waals surface area contributed by atoms with E-state index in [2.05, 4.69) is 21.2 Å². The quantitative estimate of drug-likeness (QED) is 0.534. The smallest absolute Gasteiger partial charge is 0.334 e. The van der Waals surface area contributed by atoms with Gasteiger partial charge in [0.1, 0.15) is 6.54 Å². The number of ether oxygens (including phenoxy) is 1. The van der Waals surface area contributed by atoms with Crippen molar-refractivity contribution in [1.29, 1.82) is 0 Å². The Morgan fingerprint density at radius 1 is 1.14 bits per heavy atom. The fourth-order valence-electron chi connectivity index (χ4n) is 5.45. The molecule has 0 atom stereocenters. The van der Waals surface area contributed by atoms with E-state index in [0.29, 0.717) is 26.1 Å². The second-order valence-corrected chi connectivity index (χ2v) is 10.8. The molecule has 36 heavy (non-hydrogen) atoms. The first kappa shape index (κ1) is 27.3. The van der Waals surface area contributed by atoms with Crippen molar-refractivity contribution in [1.82, 2.24) is 14.5 Å². The Labute approximate surface area is 231 Å². The van der Waals surface area contributed by atoms with Crippen LogP contribution in [0.15, 0.2) is 18.5 Å². The number of nitrogens with one attached hydrogen (secondary N) is 2. The van der Waals surface area contributed by atoms with E-state index in [1.165, 1.54) is 23.5 Å². The van der Waals surface area contributed by atoms with Crippen molar-refractivity contribution in [2.75, 3.05) is 22.8 Å². The zero-order chi connectivity index (χ0) is 24.6. The fraction of sp³-hybridized carbons (Fsp3) is 0.565. The van der Waals surface area contributed by atoms with Gasteiger partial charge in [-0.25, -0.2) is 22.6 Å². The van der Waals surface area contributed by atoms with Gasteiger partial charge in [0.2, 0.25) is 0 Å². The average Bonchev–Trinajstić information content (AvgIpc) is 3.55. The molecular weight excluding hydrogens is 503 g/mol. The minimum atomic E-state index is -4.36. The molecule has 0 spiro atoms. The van der Waals surface area contributed by atoms with Crippen LogP contribution >= 0.6 is 0 Å². The Morgan fingerprint density at radius 3 is 2.39 bits per heavy atom. The molecule has 2 amide bonds. The molecule has 13 heteroatoms. The van der Waals surface area contributed by atoms with Crippen LogP contribution in [0.4, 0.5) is 25.0 Å². The van der Waals surface area contributed by atoms with E-state index >= 15 is 0 Å². The van der Waals surface area contributed by atoms with E-state index < -0.39 is 35.3 Å². The van der Waals surface area contributed by atoms with Crippen molar-refractivity contribution < 1.29 is 26.7 Å². The molecule has 1 fully saturated rings. The Hall–Kier alpha value is -1.73. The summed E-state index contributed by atoms with van der Waals surface area (Å²) in [5, 5.41) is 6.72. The summed E-state index contributed by atoms with van der Waals surface area (Å²) in [6, 6.07) is 0.897. The number of aryl methyl sites for hydroxylation is 2. The van der Waals surface area contributed by atoms with Gasteiger partial charge in [0, 0.05) is 54.7 Å². The number of carbonyl (C=O) groups is 1. The number of benzene rings is 1. The molecule has 2 aliphatic carbocycles. The Balaban J connectivity index is 0.00000304. The SMILES string of the molecule is O=C(Nc1c2c(cc3c1CCC3)CCC2)NS(=O)(=O)N(c1cnn(CC(F)F)c1)C1CCOCC1.[Na]. The number of rotatable bonds is 7. The van der Waals surface area contributed by atoms with Crippen molar-refractivity contribution in [3.8, 4) is 0 Å². The Bertz CT molecular complexity index is 1190. The number of carbonyl (C=O) groups excluding carboxylic acids is 1. The number of hydrogen-bond acceptors (Lipinski definition) is 5. The van der Waals surface area contributed by atoms with E-state index in [0.717, 1.165) is 64.3 Å². The van der Waals surface area contributed by atoms with Crippen LogP contribution in [0, 0.1) is 0 Å². The Kier molecular flexibility index (Phi) is 8.60. The summed E-state index contributed by atoms with van der Waals surface area (Å²) in [6.45, 7) is 0.0620. The van der Waals surface area contributed by atoms with Gasteiger partial charge in [-0.1, -0.05) is 6.07 Å². The first-order valence-electron chi connectivity index (χ1n) is 12.0. The Morgan fingerprint density at radius 2 is 1.78 bits per heavy atom. The maximum absolute atomic E-state index is 13.5. The zero-order valence-corrected chi connectivity index (χ0v) is 23.1. The molecule has 1 radical (unpaired) electrons. The molecule has 9 nitrogen and oxygen atoms in total. The van der Waals surface area contributed by atoms with Gasteiger partial charge in [-0.15, -0.1) is 0 Å². The van der Waals surface area contributed by atoms with Gasteiger partial charge in [-0.05, 0) is 73.6 Å². The van der Waals surface area contributed by atoms with Crippen LogP contribution in [-0.4, -0.2) is 79.5 Å². The van der Waals surface area contributed by atoms with E-state index in [1.54, 1.807) is 0 Å². The minimum Gasteiger partial charge on any atom is -0.381 e. The molecule has 0 bridgehead atoms. The van der Waals surface area contributed by atoms with Crippen LogP contribution in [0.1, 0.15) is 47.9 Å². The van der Waals surface area contributed by atoms with E-state index in [4.69, 9.17) is 4.74 Å². The largest absolute Gasteiger partial charge is 0.381 e. The molecule has 2 aromatic rings. The van der Waals surface area contributed by atoms with Gasteiger partial charge >= 0.3 is 16.2 Å². The van der Waals surface area contributed by atoms with Gasteiger partial charge < -0.3 is 10.1 Å². The molecule has 0 saturated carbocycles. The molecule has 0 unspecified atom stereocenters. The maximum Gasteiger partial charge on any atom is 0.334 e. The molecule has 1 aromatic heterocycles. The summed E-state index contributed by atoms with van der Waals surface area (Å²) >= 11 is 0. The molecule has 1 aliphatic heterocycles. The summed E-state index contributed by atoms with van der Waals surface area (Å²) < 4.78 is 62.1. The molecule has 2 N–H and O–H groups in total. The third kappa shape index (κ3) is 5.72. The summed E-state index contributed by atoms with van der Waals surface area (Å²) in [7, 11) is -4.36.